The molecule has 0 aliphatic heterocycles. The van der Waals surface area contributed by atoms with Gasteiger partial charge in [0.25, 0.3) is 5.91 Å². The minimum atomic E-state index is -0.0853. The van der Waals surface area contributed by atoms with E-state index in [1.165, 1.54) is 5.56 Å². The molecular formula is C24H34N6OS. The summed E-state index contributed by atoms with van der Waals surface area (Å²) in [4.78, 5) is 22.0. The van der Waals surface area contributed by atoms with Crippen LogP contribution in [0.4, 0.5) is 5.82 Å². The Balaban J connectivity index is 1.71. The zero-order valence-corrected chi connectivity index (χ0v) is 20.7. The number of carbonyl (C=O) groups is 1. The molecule has 1 amide bonds. The van der Waals surface area contributed by atoms with Crippen molar-refractivity contribution in [2.24, 2.45) is 0 Å². The van der Waals surface area contributed by atoms with E-state index in [0.717, 1.165) is 34.2 Å². The predicted octanol–water partition coefficient (Wildman–Crippen LogP) is 4.88. The fourth-order valence-electron chi connectivity index (χ4n) is 3.24. The molecule has 0 saturated carbocycles. The Labute approximate surface area is 194 Å². The molecule has 7 nitrogen and oxygen atoms in total. The molecule has 2 aromatic heterocycles. The molecule has 3 aromatic rings. The van der Waals surface area contributed by atoms with Crippen LogP contribution in [0.2, 0.25) is 0 Å². The van der Waals surface area contributed by atoms with Crippen LogP contribution in [0.1, 0.15) is 63.9 Å². The highest BCUT2D eigenvalue weighted by Crippen LogP contribution is 2.25. The Morgan fingerprint density at radius 2 is 1.88 bits per heavy atom. The number of aromatic nitrogens is 4. The van der Waals surface area contributed by atoms with E-state index in [-0.39, 0.29) is 17.4 Å². The number of nitrogens with one attached hydrogen (secondary N) is 2. The van der Waals surface area contributed by atoms with Gasteiger partial charge in [0.2, 0.25) is 0 Å². The average Bonchev–Trinajstić information content (AvgIpc) is 3.14. The van der Waals surface area contributed by atoms with Crippen molar-refractivity contribution >= 4 is 34.5 Å². The smallest absolute Gasteiger partial charge is 0.251 e. The van der Waals surface area contributed by atoms with E-state index in [1.807, 2.05) is 28.9 Å². The topological polar surface area (TPSA) is 84.7 Å². The van der Waals surface area contributed by atoms with Crippen LogP contribution in [0.5, 0.6) is 0 Å². The van der Waals surface area contributed by atoms with Gasteiger partial charge in [0.1, 0.15) is 5.82 Å². The number of thioether (sulfide) groups is 1. The van der Waals surface area contributed by atoms with E-state index in [2.05, 4.69) is 62.3 Å². The number of nitrogens with zero attached hydrogens (tertiary/aromatic N) is 4. The minimum absolute atomic E-state index is 0.0650. The lowest BCUT2D eigenvalue weighted by Crippen LogP contribution is -2.27. The molecule has 0 radical (unpaired) electrons. The molecule has 0 atom stereocenters. The number of carbonyl (C=O) groups excluding carboxylic acids is 1. The molecule has 8 heteroatoms. The molecule has 0 bridgehead atoms. The van der Waals surface area contributed by atoms with Crippen molar-refractivity contribution in [3.05, 3.63) is 41.6 Å². The van der Waals surface area contributed by atoms with E-state index in [9.17, 15) is 4.79 Å². The van der Waals surface area contributed by atoms with Crippen molar-refractivity contribution in [2.45, 2.75) is 71.1 Å². The Hall–Kier alpha value is -2.61. The molecule has 32 heavy (non-hydrogen) atoms. The van der Waals surface area contributed by atoms with E-state index in [1.54, 1.807) is 18.0 Å². The lowest BCUT2D eigenvalue weighted by molar-refractivity contribution is 0.0952. The van der Waals surface area contributed by atoms with Crippen LogP contribution >= 0.6 is 11.8 Å². The number of hydrogen-bond acceptors (Lipinski definition) is 6. The predicted molar refractivity (Wildman–Crippen MR) is 133 cm³/mol. The number of hydrogen-bond donors (Lipinski definition) is 2. The first-order valence-electron chi connectivity index (χ1n) is 11.2. The minimum Gasteiger partial charge on any atom is -0.367 e. The summed E-state index contributed by atoms with van der Waals surface area (Å²) in [5.41, 5.74) is 2.72. The number of anilines is 1. The van der Waals surface area contributed by atoms with E-state index in [4.69, 9.17) is 4.98 Å². The van der Waals surface area contributed by atoms with Gasteiger partial charge < -0.3 is 10.6 Å². The number of rotatable bonds is 9. The quantitative estimate of drug-likeness (QED) is 0.354. The van der Waals surface area contributed by atoms with Gasteiger partial charge in [0, 0.05) is 23.9 Å². The normalized spacial score (nSPS) is 11.8. The second kappa shape index (κ2) is 10.3. The van der Waals surface area contributed by atoms with Crippen molar-refractivity contribution in [2.75, 3.05) is 17.6 Å². The second-order valence-electron chi connectivity index (χ2n) is 9.19. The molecule has 0 fully saturated rings. The summed E-state index contributed by atoms with van der Waals surface area (Å²) in [5, 5.41) is 12.5. The fourth-order valence-corrected chi connectivity index (χ4v) is 3.93. The summed E-state index contributed by atoms with van der Waals surface area (Å²) >= 11 is 1.64. The van der Waals surface area contributed by atoms with Gasteiger partial charge in [-0.2, -0.15) is 5.10 Å². The third-order valence-electron chi connectivity index (χ3n) is 4.96. The van der Waals surface area contributed by atoms with Gasteiger partial charge in [0.15, 0.2) is 10.8 Å². The van der Waals surface area contributed by atoms with E-state index in [0.29, 0.717) is 18.7 Å². The molecule has 0 aliphatic rings. The van der Waals surface area contributed by atoms with Gasteiger partial charge in [0.05, 0.1) is 18.1 Å². The maximum absolute atomic E-state index is 12.6. The summed E-state index contributed by atoms with van der Waals surface area (Å²) in [7, 11) is 0. The summed E-state index contributed by atoms with van der Waals surface area (Å²) in [5.74, 6) is 1.68. The highest BCUT2D eigenvalue weighted by molar-refractivity contribution is 7.99. The SMILES string of the molecule is CCCSc1nc(NC(C)C)c2cnn(CCNC(=O)c3ccc(C(C)(C)C)cc3)c2n1. The number of benzene rings is 1. The van der Waals surface area contributed by atoms with Gasteiger partial charge in [-0.25, -0.2) is 14.6 Å². The molecular weight excluding hydrogens is 420 g/mol. The fraction of sp³-hybridized carbons (Fsp3) is 0.500. The summed E-state index contributed by atoms with van der Waals surface area (Å²) in [6.45, 7) is 13.8. The van der Waals surface area contributed by atoms with E-state index >= 15 is 0 Å². The van der Waals surface area contributed by atoms with E-state index < -0.39 is 0 Å². The molecule has 3 rings (SSSR count). The Bertz CT molecular complexity index is 1050. The van der Waals surface area contributed by atoms with Crippen molar-refractivity contribution in [1.82, 2.24) is 25.1 Å². The Morgan fingerprint density at radius 1 is 1.16 bits per heavy atom. The highest BCUT2D eigenvalue weighted by atomic mass is 32.2. The van der Waals surface area contributed by atoms with Crippen LogP contribution in [0.15, 0.2) is 35.6 Å². The maximum atomic E-state index is 12.6. The van der Waals surface area contributed by atoms with Crippen molar-refractivity contribution in [3.63, 3.8) is 0 Å². The van der Waals surface area contributed by atoms with Gasteiger partial charge in [-0.1, -0.05) is 51.6 Å². The van der Waals surface area contributed by atoms with Crippen LogP contribution in [-0.2, 0) is 12.0 Å². The van der Waals surface area contributed by atoms with Gasteiger partial charge in [-0.15, -0.1) is 0 Å². The van der Waals surface area contributed by atoms with Gasteiger partial charge in [-0.05, 0) is 43.4 Å². The summed E-state index contributed by atoms with van der Waals surface area (Å²) in [6.07, 6.45) is 2.85. The first-order valence-corrected chi connectivity index (χ1v) is 12.2. The molecule has 2 N–H and O–H groups in total. The Kier molecular flexibility index (Phi) is 7.77. The molecule has 0 unspecified atom stereocenters. The third kappa shape index (κ3) is 6.00. The largest absolute Gasteiger partial charge is 0.367 e. The average molecular weight is 455 g/mol. The molecule has 0 aliphatic carbocycles. The van der Waals surface area contributed by atoms with Gasteiger partial charge >= 0.3 is 0 Å². The van der Waals surface area contributed by atoms with Crippen molar-refractivity contribution < 1.29 is 4.79 Å². The van der Waals surface area contributed by atoms with Crippen LogP contribution < -0.4 is 10.6 Å². The van der Waals surface area contributed by atoms with Crippen LogP contribution in [-0.4, -0.2) is 44.0 Å². The van der Waals surface area contributed by atoms with Crippen LogP contribution in [0.3, 0.4) is 0 Å². The van der Waals surface area contributed by atoms with Crippen molar-refractivity contribution in [1.29, 1.82) is 0 Å². The Morgan fingerprint density at radius 3 is 2.50 bits per heavy atom. The van der Waals surface area contributed by atoms with Crippen LogP contribution in [0.25, 0.3) is 11.0 Å². The van der Waals surface area contributed by atoms with Gasteiger partial charge in [-0.3, -0.25) is 4.79 Å². The lowest BCUT2D eigenvalue weighted by atomic mass is 9.87. The monoisotopic (exact) mass is 454 g/mol. The summed E-state index contributed by atoms with van der Waals surface area (Å²) in [6, 6.07) is 8.06. The van der Waals surface area contributed by atoms with Crippen molar-refractivity contribution in [3.8, 4) is 0 Å². The zero-order valence-electron chi connectivity index (χ0n) is 19.9. The molecule has 2 heterocycles. The molecule has 0 saturated heterocycles. The molecule has 0 spiro atoms. The first-order chi connectivity index (χ1) is 15.2. The lowest BCUT2D eigenvalue weighted by Gasteiger charge is -2.19. The second-order valence-corrected chi connectivity index (χ2v) is 10.3. The molecule has 172 valence electrons. The third-order valence-corrected chi connectivity index (χ3v) is 6.01. The standard InChI is InChI=1S/C24H34N6OS/c1-7-14-32-23-28-20(27-16(2)3)19-15-26-30(21(19)29-23)13-12-25-22(31)17-8-10-18(11-9-17)24(4,5)6/h8-11,15-16H,7,12-14H2,1-6H3,(H,25,31)(H,27,28,29). The zero-order chi connectivity index (χ0) is 23.3. The number of amides is 1. The first kappa shape index (κ1) is 24.0. The molecule has 1 aromatic carbocycles. The van der Waals surface area contributed by atoms with Crippen LogP contribution in [0, 0.1) is 0 Å². The highest BCUT2D eigenvalue weighted by Gasteiger charge is 2.16. The maximum Gasteiger partial charge on any atom is 0.251 e. The number of fused-ring (bicyclic) bond motifs is 1. The summed E-state index contributed by atoms with van der Waals surface area (Å²) < 4.78 is 1.83.